The van der Waals surface area contributed by atoms with E-state index >= 15 is 0 Å². The number of hydrogen-bond donors (Lipinski definition) is 0. The third-order valence-corrected chi connectivity index (χ3v) is 2.25. The van der Waals surface area contributed by atoms with Gasteiger partial charge in [0.25, 0.3) is 0 Å². The predicted molar refractivity (Wildman–Crippen MR) is 56.2 cm³/mol. The molecule has 0 fully saturated rings. The van der Waals surface area contributed by atoms with Crippen LogP contribution in [0.3, 0.4) is 0 Å². The first kappa shape index (κ1) is 11.1. The monoisotopic (exact) mass is 215 g/mol. The van der Waals surface area contributed by atoms with Gasteiger partial charge in [-0.2, -0.15) is 0 Å². The molecular formula is C9H13NO3S. The molecule has 5 heteroatoms. The molecule has 0 saturated carbocycles. The van der Waals surface area contributed by atoms with Gasteiger partial charge < -0.3 is 9.57 Å². The molecular weight excluding hydrogens is 202 g/mol. The lowest BCUT2D eigenvalue weighted by molar-refractivity contribution is -0.103. The zero-order chi connectivity index (χ0) is 10.2. The van der Waals surface area contributed by atoms with E-state index in [1.165, 1.54) is 0 Å². The van der Waals surface area contributed by atoms with E-state index in [-0.39, 0.29) is 5.71 Å². The van der Waals surface area contributed by atoms with E-state index in [4.69, 9.17) is 9.57 Å². The summed E-state index contributed by atoms with van der Waals surface area (Å²) in [6.07, 6.45) is 1.51. The van der Waals surface area contributed by atoms with E-state index in [9.17, 15) is 4.79 Å². The third kappa shape index (κ3) is 3.41. The van der Waals surface area contributed by atoms with Crippen LogP contribution >= 0.6 is 11.8 Å². The largest absolute Gasteiger partial charge is 0.490 e. The molecule has 0 amide bonds. The van der Waals surface area contributed by atoms with Gasteiger partial charge in [0.2, 0.25) is 0 Å². The first-order valence-electron chi connectivity index (χ1n) is 4.48. The van der Waals surface area contributed by atoms with Crippen LogP contribution < -0.4 is 0 Å². The van der Waals surface area contributed by atoms with Crippen LogP contribution in [-0.2, 0) is 14.4 Å². The van der Waals surface area contributed by atoms with E-state index < -0.39 is 0 Å². The quantitative estimate of drug-likeness (QED) is 0.302. The summed E-state index contributed by atoms with van der Waals surface area (Å²) in [6, 6.07) is 0. The van der Waals surface area contributed by atoms with Crippen molar-refractivity contribution in [3.05, 3.63) is 11.2 Å². The number of nitrogens with zero attached hydrogens (tertiary/aromatic N) is 1. The van der Waals surface area contributed by atoms with Crippen molar-refractivity contribution in [3.63, 3.8) is 0 Å². The lowest BCUT2D eigenvalue weighted by Crippen LogP contribution is -2.13. The Morgan fingerprint density at radius 1 is 1.86 bits per heavy atom. The number of ether oxygens (including phenoxy) is 1. The molecule has 0 bridgehead atoms. The molecule has 14 heavy (non-hydrogen) atoms. The average molecular weight is 215 g/mol. The first-order chi connectivity index (χ1) is 6.88. The van der Waals surface area contributed by atoms with Crippen LogP contribution in [-0.4, -0.2) is 31.0 Å². The molecule has 78 valence electrons. The molecule has 0 atom stereocenters. The lowest BCUT2D eigenvalue weighted by Gasteiger charge is -2.12. The number of carbonyl (C=O) groups excluding carboxylic acids is 1. The highest BCUT2D eigenvalue weighted by atomic mass is 32.2. The molecule has 0 N–H and O–H groups in total. The van der Waals surface area contributed by atoms with Crippen molar-refractivity contribution < 1.29 is 14.4 Å². The highest BCUT2D eigenvalue weighted by Gasteiger charge is 2.12. The fraction of sp³-hybridized carbons (Fsp3) is 0.556. The molecule has 4 nitrogen and oxygen atoms in total. The number of carbonyl (C=O) groups is 1. The number of hydrogen-bond acceptors (Lipinski definition) is 5. The van der Waals surface area contributed by atoms with Crippen molar-refractivity contribution in [1.29, 1.82) is 0 Å². The van der Waals surface area contributed by atoms with Crippen molar-refractivity contribution in [3.8, 4) is 0 Å². The highest BCUT2D eigenvalue weighted by Crippen LogP contribution is 2.15. The fourth-order valence-corrected chi connectivity index (χ4v) is 1.47. The fourth-order valence-electron chi connectivity index (χ4n) is 0.834. The molecule has 0 unspecified atom stereocenters. The first-order valence-corrected chi connectivity index (χ1v) is 5.53. The number of allylic oxidation sites excluding steroid dienone is 1. The second-order valence-corrected chi connectivity index (χ2v) is 3.61. The Morgan fingerprint density at radius 3 is 3.29 bits per heavy atom. The predicted octanol–water partition coefficient (Wildman–Crippen LogP) is 1.57. The molecule has 0 aromatic rings. The van der Waals surface area contributed by atoms with E-state index in [1.54, 1.807) is 17.2 Å². The summed E-state index contributed by atoms with van der Waals surface area (Å²) >= 11 is 1.60. The number of oxime groups is 1. The molecule has 1 rings (SSSR count). The van der Waals surface area contributed by atoms with Gasteiger partial charge in [0.15, 0.2) is 17.8 Å². The highest BCUT2D eigenvalue weighted by molar-refractivity contribution is 8.02. The van der Waals surface area contributed by atoms with Crippen molar-refractivity contribution in [2.24, 2.45) is 5.16 Å². The standard InChI is InChI=1S/C9H13NO3S/c1-2-3-13-10-8(6-11)9-7-14-5-4-12-9/h6-7H,2-5H2,1H3. The number of thioether (sulfide) groups is 1. The molecule has 1 aliphatic heterocycles. The van der Waals surface area contributed by atoms with Crippen molar-refractivity contribution in [2.75, 3.05) is 19.0 Å². The smallest absolute Gasteiger partial charge is 0.184 e. The third-order valence-electron chi connectivity index (χ3n) is 1.47. The van der Waals surface area contributed by atoms with Gasteiger partial charge in [-0.1, -0.05) is 12.1 Å². The SMILES string of the molecule is CCCON=C(C=O)C1=CSCCO1. The Balaban J connectivity index is 2.55. The number of rotatable bonds is 5. The zero-order valence-corrected chi connectivity index (χ0v) is 8.88. The Hall–Kier alpha value is -0.970. The summed E-state index contributed by atoms with van der Waals surface area (Å²) in [5.41, 5.74) is 0.227. The van der Waals surface area contributed by atoms with Gasteiger partial charge in [-0.15, -0.1) is 11.8 Å². The molecule has 0 spiro atoms. The van der Waals surface area contributed by atoms with Gasteiger partial charge >= 0.3 is 0 Å². The van der Waals surface area contributed by atoms with Gasteiger partial charge in [-0.25, -0.2) is 0 Å². The van der Waals surface area contributed by atoms with Gasteiger partial charge in [-0.3, -0.25) is 4.79 Å². The Morgan fingerprint density at radius 2 is 2.71 bits per heavy atom. The maximum atomic E-state index is 10.7. The van der Waals surface area contributed by atoms with E-state index in [2.05, 4.69) is 5.16 Å². The maximum Gasteiger partial charge on any atom is 0.184 e. The van der Waals surface area contributed by atoms with Crippen molar-refractivity contribution in [2.45, 2.75) is 13.3 Å². The van der Waals surface area contributed by atoms with Gasteiger partial charge in [0, 0.05) is 11.2 Å². The summed E-state index contributed by atoms with van der Waals surface area (Å²) in [6.45, 7) is 3.09. The van der Waals surface area contributed by atoms with Crippen LogP contribution in [0.2, 0.25) is 0 Å². The molecule has 0 aliphatic carbocycles. The minimum atomic E-state index is 0.227. The summed E-state index contributed by atoms with van der Waals surface area (Å²) in [4.78, 5) is 15.6. The van der Waals surface area contributed by atoms with E-state index in [0.717, 1.165) is 12.2 Å². The van der Waals surface area contributed by atoms with Crippen LogP contribution in [0.25, 0.3) is 0 Å². The second-order valence-electron chi connectivity index (χ2n) is 2.63. The van der Waals surface area contributed by atoms with Gasteiger partial charge in [-0.05, 0) is 6.42 Å². The summed E-state index contributed by atoms with van der Waals surface area (Å²) < 4.78 is 5.26. The molecule has 1 aliphatic rings. The van der Waals surface area contributed by atoms with Crippen LogP contribution in [0.4, 0.5) is 0 Å². The molecule has 0 aromatic heterocycles. The Bertz CT molecular complexity index is 250. The topological polar surface area (TPSA) is 47.9 Å². The summed E-state index contributed by atoms with van der Waals surface area (Å²) in [7, 11) is 0. The molecule has 1 heterocycles. The normalized spacial score (nSPS) is 16.9. The minimum absolute atomic E-state index is 0.227. The van der Waals surface area contributed by atoms with Crippen LogP contribution in [0.15, 0.2) is 16.3 Å². The summed E-state index contributed by atoms with van der Waals surface area (Å²) in [5, 5.41) is 5.48. The van der Waals surface area contributed by atoms with Gasteiger partial charge in [0.1, 0.15) is 6.61 Å². The summed E-state index contributed by atoms with van der Waals surface area (Å²) in [5.74, 6) is 1.41. The lowest BCUT2D eigenvalue weighted by atomic mass is 10.3. The van der Waals surface area contributed by atoms with Crippen molar-refractivity contribution in [1.82, 2.24) is 0 Å². The van der Waals surface area contributed by atoms with Crippen LogP contribution in [0, 0.1) is 0 Å². The Kier molecular flexibility index (Phi) is 5.14. The van der Waals surface area contributed by atoms with E-state index in [0.29, 0.717) is 25.3 Å². The van der Waals surface area contributed by atoms with Crippen molar-refractivity contribution >= 4 is 23.8 Å². The van der Waals surface area contributed by atoms with E-state index in [1.807, 2.05) is 6.92 Å². The zero-order valence-electron chi connectivity index (χ0n) is 8.06. The maximum absolute atomic E-state index is 10.7. The molecule has 0 saturated heterocycles. The number of aldehydes is 1. The van der Waals surface area contributed by atoms with Crippen LogP contribution in [0.5, 0.6) is 0 Å². The minimum Gasteiger partial charge on any atom is -0.490 e. The second kappa shape index (κ2) is 6.48. The van der Waals surface area contributed by atoms with Crippen LogP contribution in [0.1, 0.15) is 13.3 Å². The average Bonchev–Trinajstić information content (AvgIpc) is 2.26. The van der Waals surface area contributed by atoms with Gasteiger partial charge in [0.05, 0.1) is 6.61 Å². The molecule has 0 aromatic carbocycles. The molecule has 0 radical (unpaired) electrons. The Labute approximate surface area is 87.3 Å².